The summed E-state index contributed by atoms with van der Waals surface area (Å²) in [4.78, 5) is 23.3. The second kappa shape index (κ2) is 6.25. The Balaban J connectivity index is 2.80. The van der Waals surface area contributed by atoms with Gasteiger partial charge in [-0.25, -0.2) is 4.79 Å². The second-order valence-corrected chi connectivity index (χ2v) is 4.44. The Labute approximate surface area is 113 Å². The molecule has 1 aromatic carbocycles. The molecule has 2 N–H and O–H groups in total. The van der Waals surface area contributed by atoms with Crippen molar-refractivity contribution in [3.63, 3.8) is 0 Å². The minimum absolute atomic E-state index is 0.373. The fourth-order valence-electron chi connectivity index (χ4n) is 1.26. The third-order valence-electron chi connectivity index (χ3n) is 2.12. The van der Waals surface area contributed by atoms with E-state index in [2.05, 4.69) is 21.2 Å². The number of anilines is 1. The number of carboxylic acids is 1. The maximum Gasteiger partial charge on any atom is 0.323 e. The van der Waals surface area contributed by atoms with Crippen LogP contribution in [0.25, 0.3) is 0 Å². The molecular formula is C11H13BrN2O4. The predicted molar refractivity (Wildman–Crippen MR) is 70.0 cm³/mol. The van der Waals surface area contributed by atoms with E-state index in [9.17, 15) is 9.59 Å². The second-order valence-electron chi connectivity index (χ2n) is 3.52. The molecule has 0 saturated carbocycles. The van der Waals surface area contributed by atoms with Gasteiger partial charge in [0.25, 0.3) is 0 Å². The molecule has 6 nitrogen and oxygen atoms in total. The van der Waals surface area contributed by atoms with Crippen molar-refractivity contribution in [2.75, 3.05) is 26.0 Å². The monoisotopic (exact) mass is 316 g/mol. The molecule has 0 aromatic heterocycles. The van der Waals surface area contributed by atoms with E-state index in [0.29, 0.717) is 11.4 Å². The summed E-state index contributed by atoms with van der Waals surface area (Å²) in [5.74, 6) is -0.580. The summed E-state index contributed by atoms with van der Waals surface area (Å²) in [7, 11) is 2.88. The van der Waals surface area contributed by atoms with Crippen molar-refractivity contribution in [2.24, 2.45) is 0 Å². The molecule has 0 radical (unpaired) electrons. The number of halogens is 1. The first-order chi connectivity index (χ1) is 8.43. The van der Waals surface area contributed by atoms with E-state index in [4.69, 9.17) is 9.84 Å². The number of carboxylic acid groups (broad SMARTS) is 1. The SMILES string of the molecule is COc1ccc(Br)cc1NC(=O)N(C)CC(=O)O. The lowest BCUT2D eigenvalue weighted by Gasteiger charge is -2.17. The van der Waals surface area contributed by atoms with Gasteiger partial charge in [-0.2, -0.15) is 0 Å². The van der Waals surface area contributed by atoms with E-state index in [0.717, 1.165) is 9.37 Å². The number of methoxy groups -OCH3 is 1. The lowest BCUT2D eigenvalue weighted by molar-refractivity contribution is -0.137. The third-order valence-corrected chi connectivity index (χ3v) is 2.62. The molecule has 0 aliphatic carbocycles. The number of carbonyl (C=O) groups is 2. The molecule has 0 bridgehead atoms. The molecule has 18 heavy (non-hydrogen) atoms. The van der Waals surface area contributed by atoms with Crippen LogP contribution in [0.15, 0.2) is 22.7 Å². The molecule has 0 aliphatic heterocycles. The average molecular weight is 317 g/mol. The molecular weight excluding hydrogens is 304 g/mol. The first kappa shape index (κ1) is 14.3. The number of aliphatic carboxylic acids is 1. The van der Waals surface area contributed by atoms with E-state index >= 15 is 0 Å². The third kappa shape index (κ3) is 3.92. The summed E-state index contributed by atoms with van der Waals surface area (Å²) in [6, 6.07) is 4.62. The van der Waals surface area contributed by atoms with Gasteiger partial charge in [0.2, 0.25) is 0 Å². The topological polar surface area (TPSA) is 78.9 Å². The van der Waals surface area contributed by atoms with Gasteiger partial charge in [-0.05, 0) is 18.2 Å². The van der Waals surface area contributed by atoms with Crippen LogP contribution >= 0.6 is 15.9 Å². The van der Waals surface area contributed by atoms with Gasteiger partial charge in [0.05, 0.1) is 12.8 Å². The zero-order valence-electron chi connectivity index (χ0n) is 9.94. The number of amides is 2. The van der Waals surface area contributed by atoms with Gasteiger partial charge in [0, 0.05) is 11.5 Å². The molecule has 7 heteroatoms. The highest BCUT2D eigenvalue weighted by atomic mass is 79.9. The molecule has 1 rings (SSSR count). The molecule has 0 atom stereocenters. The zero-order chi connectivity index (χ0) is 13.7. The molecule has 0 heterocycles. The standard InChI is InChI=1S/C11H13BrN2O4/c1-14(6-10(15)16)11(17)13-8-5-7(12)3-4-9(8)18-2/h3-5H,6H2,1-2H3,(H,13,17)(H,15,16). The van der Waals surface area contributed by atoms with Gasteiger partial charge in [0.15, 0.2) is 0 Å². The van der Waals surface area contributed by atoms with Gasteiger partial charge in [-0.1, -0.05) is 15.9 Å². The van der Waals surface area contributed by atoms with Gasteiger partial charge >= 0.3 is 12.0 Å². The molecule has 0 spiro atoms. The van der Waals surface area contributed by atoms with Crippen molar-refractivity contribution < 1.29 is 19.4 Å². The van der Waals surface area contributed by atoms with Crippen LogP contribution in [0.2, 0.25) is 0 Å². The summed E-state index contributed by atoms with van der Waals surface area (Å²) in [6.45, 7) is -0.373. The Hall–Kier alpha value is -1.76. The highest BCUT2D eigenvalue weighted by Gasteiger charge is 2.14. The van der Waals surface area contributed by atoms with E-state index in [1.54, 1.807) is 18.2 Å². The molecule has 2 amide bonds. The van der Waals surface area contributed by atoms with Crippen LogP contribution in [0.3, 0.4) is 0 Å². The summed E-state index contributed by atoms with van der Waals surface area (Å²) in [5.41, 5.74) is 0.467. The largest absolute Gasteiger partial charge is 0.495 e. The van der Waals surface area contributed by atoms with Crippen LogP contribution in [-0.4, -0.2) is 42.7 Å². The molecule has 0 aliphatic rings. The fourth-order valence-corrected chi connectivity index (χ4v) is 1.62. The van der Waals surface area contributed by atoms with Crippen molar-refractivity contribution in [3.05, 3.63) is 22.7 Å². The number of ether oxygens (including phenoxy) is 1. The van der Waals surface area contributed by atoms with Gasteiger partial charge in [0.1, 0.15) is 12.3 Å². The number of rotatable bonds is 4. The summed E-state index contributed by atoms with van der Waals surface area (Å²) < 4.78 is 5.87. The number of likely N-dealkylation sites (N-methyl/N-ethyl adjacent to an activating group) is 1. The number of nitrogens with one attached hydrogen (secondary N) is 1. The Morgan fingerprint density at radius 3 is 2.72 bits per heavy atom. The lowest BCUT2D eigenvalue weighted by Crippen LogP contribution is -2.35. The van der Waals surface area contributed by atoms with Gasteiger partial charge < -0.3 is 20.1 Å². The summed E-state index contributed by atoms with van der Waals surface area (Å²) >= 11 is 3.28. The lowest BCUT2D eigenvalue weighted by atomic mass is 10.3. The molecule has 98 valence electrons. The maximum atomic E-state index is 11.7. The van der Waals surface area contributed by atoms with Gasteiger partial charge in [-0.3, -0.25) is 4.79 Å². The van der Waals surface area contributed by atoms with Crippen molar-refractivity contribution in [1.29, 1.82) is 0 Å². The Morgan fingerprint density at radius 1 is 1.50 bits per heavy atom. The predicted octanol–water partition coefficient (Wildman–Crippen LogP) is 2.01. The number of hydrogen-bond acceptors (Lipinski definition) is 3. The minimum Gasteiger partial charge on any atom is -0.495 e. The molecule has 0 saturated heterocycles. The van der Waals surface area contributed by atoms with E-state index in [1.807, 2.05) is 0 Å². The molecule has 0 unspecified atom stereocenters. The first-order valence-electron chi connectivity index (χ1n) is 5.01. The Kier molecular flexibility index (Phi) is 4.96. The summed E-state index contributed by atoms with van der Waals surface area (Å²) in [5, 5.41) is 11.2. The zero-order valence-corrected chi connectivity index (χ0v) is 11.5. The van der Waals surface area contributed by atoms with Crippen LogP contribution in [0.1, 0.15) is 0 Å². The summed E-state index contributed by atoms with van der Waals surface area (Å²) in [6.07, 6.45) is 0. The van der Waals surface area contributed by atoms with Crippen molar-refractivity contribution >= 4 is 33.6 Å². The molecule has 0 fully saturated rings. The van der Waals surface area contributed by atoms with E-state index < -0.39 is 12.0 Å². The van der Waals surface area contributed by atoms with Crippen molar-refractivity contribution in [3.8, 4) is 5.75 Å². The Bertz CT molecular complexity index is 464. The van der Waals surface area contributed by atoms with Gasteiger partial charge in [-0.15, -0.1) is 0 Å². The van der Waals surface area contributed by atoms with Crippen LogP contribution in [0.5, 0.6) is 5.75 Å². The van der Waals surface area contributed by atoms with Crippen LogP contribution < -0.4 is 10.1 Å². The van der Waals surface area contributed by atoms with Crippen molar-refractivity contribution in [2.45, 2.75) is 0 Å². The van der Waals surface area contributed by atoms with E-state index in [1.165, 1.54) is 14.2 Å². The minimum atomic E-state index is -1.08. The highest BCUT2D eigenvalue weighted by molar-refractivity contribution is 9.10. The number of urea groups is 1. The number of hydrogen-bond donors (Lipinski definition) is 2. The first-order valence-corrected chi connectivity index (χ1v) is 5.80. The quantitative estimate of drug-likeness (QED) is 0.890. The number of carbonyl (C=O) groups excluding carboxylic acids is 1. The van der Waals surface area contributed by atoms with Crippen LogP contribution in [-0.2, 0) is 4.79 Å². The normalized spacial score (nSPS) is 9.72. The van der Waals surface area contributed by atoms with Crippen molar-refractivity contribution in [1.82, 2.24) is 4.90 Å². The van der Waals surface area contributed by atoms with Crippen LogP contribution in [0, 0.1) is 0 Å². The smallest absolute Gasteiger partial charge is 0.323 e. The number of benzene rings is 1. The fraction of sp³-hybridized carbons (Fsp3) is 0.273. The average Bonchev–Trinajstić information content (AvgIpc) is 2.28. The Morgan fingerprint density at radius 2 is 2.17 bits per heavy atom. The van der Waals surface area contributed by atoms with Crippen LogP contribution in [0.4, 0.5) is 10.5 Å². The highest BCUT2D eigenvalue weighted by Crippen LogP contribution is 2.27. The van der Waals surface area contributed by atoms with E-state index in [-0.39, 0.29) is 6.54 Å². The molecule has 1 aromatic rings. The maximum absolute atomic E-state index is 11.7. The number of nitrogens with zero attached hydrogens (tertiary/aromatic N) is 1.